The lowest BCUT2D eigenvalue weighted by atomic mass is 10.0. The number of benzene rings is 6. The number of fused-ring (bicyclic) bond motifs is 13. The molecule has 0 aliphatic rings. The molecule has 0 radical (unpaired) electrons. The highest BCUT2D eigenvalue weighted by atomic mass is 32.1. The van der Waals surface area contributed by atoms with Crippen LogP contribution in [0.3, 0.4) is 0 Å². The molecule has 11 rings (SSSR count). The SMILES string of the molecule is c1ccc(-c2nc(-c3ccc(-n4c5ccccc5c5c6c7ncncc7sc6c6sc7ccccc7c6c54)cc3)nc3ccccc23)cc1. The van der Waals surface area contributed by atoms with Gasteiger partial charge in [0.1, 0.15) is 6.33 Å². The Labute approximate surface area is 287 Å². The molecule has 5 heterocycles. The smallest absolute Gasteiger partial charge is 0.160 e. The van der Waals surface area contributed by atoms with Crippen molar-refractivity contribution < 1.29 is 0 Å². The van der Waals surface area contributed by atoms with E-state index in [0.29, 0.717) is 5.82 Å². The number of nitrogens with zero attached hydrogens (tertiary/aromatic N) is 5. The molecule has 0 saturated heterocycles. The third-order valence-electron chi connectivity index (χ3n) is 9.55. The largest absolute Gasteiger partial charge is 0.309 e. The Bertz CT molecular complexity index is 3100. The Morgan fingerprint density at radius 2 is 1.24 bits per heavy atom. The summed E-state index contributed by atoms with van der Waals surface area (Å²) in [5.74, 6) is 0.712. The minimum absolute atomic E-state index is 0.712. The molecule has 0 bridgehead atoms. The van der Waals surface area contributed by atoms with Gasteiger partial charge in [0.05, 0.1) is 41.9 Å². The van der Waals surface area contributed by atoms with Crippen molar-refractivity contribution in [2.75, 3.05) is 0 Å². The number of hydrogen-bond donors (Lipinski definition) is 0. The van der Waals surface area contributed by atoms with Crippen molar-refractivity contribution in [1.82, 2.24) is 24.5 Å². The number of para-hydroxylation sites is 2. The van der Waals surface area contributed by atoms with E-state index in [1.54, 1.807) is 17.7 Å². The van der Waals surface area contributed by atoms with Crippen molar-refractivity contribution >= 4 is 95.9 Å². The summed E-state index contributed by atoms with van der Waals surface area (Å²) < 4.78 is 7.40. The van der Waals surface area contributed by atoms with Gasteiger partial charge in [-0.3, -0.25) is 0 Å². The molecule has 0 unspecified atom stereocenters. The van der Waals surface area contributed by atoms with Gasteiger partial charge in [-0.15, -0.1) is 22.7 Å². The maximum absolute atomic E-state index is 5.13. The molecule has 0 saturated carbocycles. The van der Waals surface area contributed by atoms with Gasteiger partial charge in [-0.2, -0.15) is 0 Å². The highest BCUT2D eigenvalue weighted by Crippen LogP contribution is 2.51. The van der Waals surface area contributed by atoms with Crippen LogP contribution in [0.25, 0.3) is 102 Å². The van der Waals surface area contributed by atoms with Gasteiger partial charge in [0, 0.05) is 60.0 Å². The van der Waals surface area contributed by atoms with Crippen LogP contribution in [0.15, 0.2) is 140 Å². The Balaban J connectivity index is 1.21. The van der Waals surface area contributed by atoms with Crippen molar-refractivity contribution in [3.8, 4) is 28.3 Å². The predicted molar refractivity (Wildman–Crippen MR) is 206 cm³/mol. The van der Waals surface area contributed by atoms with Gasteiger partial charge in [-0.25, -0.2) is 19.9 Å². The second kappa shape index (κ2) is 10.2. The summed E-state index contributed by atoms with van der Waals surface area (Å²) in [7, 11) is 0. The van der Waals surface area contributed by atoms with Crippen molar-refractivity contribution in [3.63, 3.8) is 0 Å². The number of rotatable bonds is 3. The highest BCUT2D eigenvalue weighted by Gasteiger charge is 2.25. The van der Waals surface area contributed by atoms with E-state index in [9.17, 15) is 0 Å². The molecule has 11 aromatic rings. The van der Waals surface area contributed by atoms with E-state index in [1.165, 1.54) is 46.5 Å². The fourth-order valence-corrected chi connectivity index (χ4v) is 9.94. The minimum Gasteiger partial charge on any atom is -0.309 e. The topological polar surface area (TPSA) is 56.5 Å². The molecule has 0 spiro atoms. The maximum Gasteiger partial charge on any atom is 0.160 e. The fourth-order valence-electron chi connectivity index (χ4n) is 7.46. The molecule has 0 atom stereocenters. The molecule has 49 heavy (non-hydrogen) atoms. The first-order valence-electron chi connectivity index (χ1n) is 16.1. The molecule has 0 amide bonds. The van der Waals surface area contributed by atoms with E-state index in [4.69, 9.17) is 15.0 Å². The molecule has 5 nitrogen and oxygen atoms in total. The monoisotopic (exact) mass is 661 g/mol. The zero-order chi connectivity index (χ0) is 32.1. The molecule has 0 fully saturated rings. The quantitative estimate of drug-likeness (QED) is 0.189. The fraction of sp³-hybridized carbons (Fsp3) is 0. The lowest BCUT2D eigenvalue weighted by Gasteiger charge is -2.12. The zero-order valence-electron chi connectivity index (χ0n) is 25.8. The van der Waals surface area contributed by atoms with Crippen LogP contribution < -0.4 is 0 Å². The van der Waals surface area contributed by atoms with Crippen molar-refractivity contribution in [1.29, 1.82) is 0 Å². The van der Waals surface area contributed by atoms with E-state index in [2.05, 4.69) is 119 Å². The van der Waals surface area contributed by atoms with E-state index < -0.39 is 0 Å². The maximum atomic E-state index is 5.13. The van der Waals surface area contributed by atoms with Crippen LogP contribution in [0.4, 0.5) is 0 Å². The van der Waals surface area contributed by atoms with E-state index in [0.717, 1.165) is 49.1 Å². The summed E-state index contributed by atoms with van der Waals surface area (Å²) in [6.45, 7) is 0. The lowest BCUT2D eigenvalue weighted by Crippen LogP contribution is -1.97. The summed E-state index contributed by atoms with van der Waals surface area (Å²) in [6, 6.07) is 44.9. The first-order valence-corrected chi connectivity index (χ1v) is 17.8. The summed E-state index contributed by atoms with van der Waals surface area (Å²) >= 11 is 3.66. The van der Waals surface area contributed by atoms with Crippen LogP contribution in [-0.2, 0) is 0 Å². The molecule has 5 aromatic heterocycles. The predicted octanol–water partition coefficient (Wildman–Crippen LogP) is 11.6. The second-order valence-electron chi connectivity index (χ2n) is 12.2. The molecular formula is C42H23N5S2. The first kappa shape index (κ1) is 27.0. The molecular weight excluding hydrogens is 639 g/mol. The van der Waals surface area contributed by atoms with Gasteiger partial charge in [0.15, 0.2) is 5.82 Å². The first-order chi connectivity index (χ1) is 24.3. The molecule has 228 valence electrons. The molecule has 7 heteroatoms. The average molecular weight is 662 g/mol. The highest BCUT2D eigenvalue weighted by molar-refractivity contribution is 7.33. The molecule has 6 aromatic carbocycles. The third-order valence-corrected chi connectivity index (χ3v) is 12.0. The lowest BCUT2D eigenvalue weighted by molar-refractivity contribution is 1.18. The third kappa shape index (κ3) is 3.85. The van der Waals surface area contributed by atoms with Crippen LogP contribution in [0.1, 0.15) is 0 Å². The van der Waals surface area contributed by atoms with Crippen LogP contribution in [0, 0.1) is 0 Å². The number of thiophene rings is 2. The average Bonchev–Trinajstić information content (AvgIpc) is 3.85. The summed E-state index contributed by atoms with van der Waals surface area (Å²) in [5, 5.41) is 7.27. The van der Waals surface area contributed by atoms with Gasteiger partial charge in [0.2, 0.25) is 0 Å². The standard InChI is InChI=1S/C42H23N5S2/c1-2-10-24(11-3-1)37-27-12-4-7-15-30(27)45-42(46-37)25-18-20-26(21-19-25)47-31-16-8-5-13-28(31)34-36-38-33(22-43-23-44-38)49-41(36)40-35(39(34)47)29-14-6-9-17-32(29)48-40/h1-23H. The van der Waals surface area contributed by atoms with Gasteiger partial charge in [0.25, 0.3) is 0 Å². The van der Waals surface area contributed by atoms with Crippen LogP contribution in [-0.4, -0.2) is 24.5 Å². The Morgan fingerprint density at radius 1 is 0.531 bits per heavy atom. The Morgan fingerprint density at radius 3 is 2.12 bits per heavy atom. The van der Waals surface area contributed by atoms with Crippen molar-refractivity contribution in [2.45, 2.75) is 0 Å². The van der Waals surface area contributed by atoms with Crippen molar-refractivity contribution in [2.24, 2.45) is 0 Å². The number of hydrogen-bond acceptors (Lipinski definition) is 6. The van der Waals surface area contributed by atoms with Crippen molar-refractivity contribution in [3.05, 3.63) is 140 Å². The second-order valence-corrected chi connectivity index (χ2v) is 14.4. The van der Waals surface area contributed by atoms with Gasteiger partial charge in [-0.05, 0) is 42.5 Å². The van der Waals surface area contributed by atoms with Gasteiger partial charge >= 0.3 is 0 Å². The normalized spacial score (nSPS) is 12.1. The van der Waals surface area contributed by atoms with E-state index in [1.807, 2.05) is 35.7 Å². The Kier molecular flexibility index (Phi) is 5.64. The van der Waals surface area contributed by atoms with Crippen LogP contribution in [0.2, 0.25) is 0 Å². The van der Waals surface area contributed by atoms with Crippen LogP contribution in [0.5, 0.6) is 0 Å². The molecule has 0 aliphatic heterocycles. The van der Waals surface area contributed by atoms with E-state index in [-0.39, 0.29) is 0 Å². The summed E-state index contributed by atoms with van der Waals surface area (Å²) in [4.78, 5) is 19.4. The summed E-state index contributed by atoms with van der Waals surface area (Å²) in [6.07, 6.45) is 3.62. The van der Waals surface area contributed by atoms with E-state index >= 15 is 0 Å². The van der Waals surface area contributed by atoms with Gasteiger partial charge in [-0.1, -0.05) is 84.9 Å². The zero-order valence-corrected chi connectivity index (χ0v) is 27.5. The molecule has 0 N–H and O–H groups in total. The Hall–Kier alpha value is -6.02. The van der Waals surface area contributed by atoms with Gasteiger partial charge < -0.3 is 4.57 Å². The number of aromatic nitrogens is 5. The minimum atomic E-state index is 0.712. The molecule has 0 aliphatic carbocycles. The summed E-state index contributed by atoms with van der Waals surface area (Å²) in [5.41, 5.74) is 8.40. The van der Waals surface area contributed by atoms with Crippen LogP contribution >= 0.6 is 22.7 Å².